The van der Waals surface area contributed by atoms with Crippen LogP contribution in [-0.4, -0.2) is 6.54 Å². The third kappa shape index (κ3) is 2.65. The van der Waals surface area contributed by atoms with E-state index in [0.717, 1.165) is 12.2 Å². The molecule has 82 valence electrons. The van der Waals surface area contributed by atoms with Crippen molar-refractivity contribution in [2.75, 3.05) is 17.6 Å². The highest BCUT2D eigenvalue weighted by Crippen LogP contribution is 2.37. The van der Waals surface area contributed by atoms with Crippen molar-refractivity contribution in [3.63, 3.8) is 0 Å². The Balaban J connectivity index is 1.90. The Bertz CT molecular complexity index is 310. The lowest BCUT2D eigenvalue weighted by molar-refractivity contribution is 0.362. The summed E-state index contributed by atoms with van der Waals surface area (Å²) in [7, 11) is 0. The minimum absolute atomic E-state index is 0.501. The number of rotatable bonds is 3. The lowest BCUT2D eigenvalue weighted by atomic mass is 9.89. The van der Waals surface area contributed by atoms with Crippen LogP contribution < -0.4 is 11.1 Å². The van der Waals surface area contributed by atoms with Crippen LogP contribution >= 0.6 is 0 Å². The highest BCUT2D eigenvalue weighted by molar-refractivity contribution is 5.51. The van der Waals surface area contributed by atoms with E-state index in [2.05, 4.69) is 12.2 Å². The van der Waals surface area contributed by atoms with Gasteiger partial charge in [0.2, 0.25) is 0 Å². The molecule has 1 aliphatic carbocycles. The first-order valence-electron chi connectivity index (χ1n) is 5.77. The molecule has 0 atom stereocenters. The minimum Gasteiger partial charge on any atom is -0.399 e. The van der Waals surface area contributed by atoms with Gasteiger partial charge in [0, 0.05) is 17.9 Å². The van der Waals surface area contributed by atoms with Crippen LogP contribution in [0, 0.1) is 5.41 Å². The molecule has 3 N–H and O–H groups in total. The monoisotopic (exact) mass is 204 g/mol. The van der Waals surface area contributed by atoms with E-state index in [4.69, 9.17) is 5.73 Å². The van der Waals surface area contributed by atoms with Crippen LogP contribution in [0.25, 0.3) is 0 Å². The van der Waals surface area contributed by atoms with Crippen molar-refractivity contribution < 1.29 is 0 Å². The molecule has 2 nitrogen and oxygen atoms in total. The second kappa shape index (κ2) is 4.13. The quantitative estimate of drug-likeness (QED) is 0.742. The Morgan fingerprint density at radius 3 is 2.40 bits per heavy atom. The summed E-state index contributed by atoms with van der Waals surface area (Å²) in [4.78, 5) is 0. The molecular weight excluding hydrogens is 184 g/mol. The highest BCUT2D eigenvalue weighted by atomic mass is 14.9. The van der Waals surface area contributed by atoms with Gasteiger partial charge in [0.25, 0.3) is 0 Å². The van der Waals surface area contributed by atoms with E-state index in [9.17, 15) is 0 Å². The van der Waals surface area contributed by atoms with E-state index in [-0.39, 0.29) is 0 Å². The van der Waals surface area contributed by atoms with Gasteiger partial charge in [0.1, 0.15) is 0 Å². The van der Waals surface area contributed by atoms with Crippen LogP contribution in [0.2, 0.25) is 0 Å². The molecule has 0 amide bonds. The zero-order valence-electron chi connectivity index (χ0n) is 9.42. The molecule has 1 aliphatic rings. The molecule has 1 fully saturated rings. The number of nitrogens with one attached hydrogen (secondary N) is 1. The molecule has 0 unspecified atom stereocenters. The van der Waals surface area contributed by atoms with Crippen molar-refractivity contribution in [1.29, 1.82) is 0 Å². The van der Waals surface area contributed by atoms with Gasteiger partial charge in [-0.3, -0.25) is 0 Å². The van der Waals surface area contributed by atoms with Crippen LogP contribution in [0.4, 0.5) is 11.4 Å². The van der Waals surface area contributed by atoms with Gasteiger partial charge < -0.3 is 11.1 Å². The summed E-state index contributed by atoms with van der Waals surface area (Å²) in [5.74, 6) is 0. The summed E-state index contributed by atoms with van der Waals surface area (Å²) in [6.45, 7) is 3.46. The van der Waals surface area contributed by atoms with Crippen molar-refractivity contribution >= 4 is 11.4 Å². The second-order valence-electron chi connectivity index (χ2n) is 4.99. The summed E-state index contributed by atoms with van der Waals surface area (Å²) < 4.78 is 0. The largest absolute Gasteiger partial charge is 0.399 e. The Labute approximate surface area is 91.9 Å². The molecule has 2 heteroatoms. The summed E-state index contributed by atoms with van der Waals surface area (Å²) in [5, 5.41) is 3.50. The van der Waals surface area contributed by atoms with E-state index >= 15 is 0 Å². The normalized spacial score (nSPS) is 19.0. The molecule has 0 bridgehead atoms. The second-order valence-corrected chi connectivity index (χ2v) is 4.99. The third-order valence-electron chi connectivity index (χ3n) is 3.44. The van der Waals surface area contributed by atoms with E-state index in [1.54, 1.807) is 0 Å². The van der Waals surface area contributed by atoms with E-state index in [0.29, 0.717) is 5.41 Å². The minimum atomic E-state index is 0.501. The first-order valence-corrected chi connectivity index (χ1v) is 5.77. The van der Waals surface area contributed by atoms with E-state index in [1.165, 1.54) is 31.4 Å². The van der Waals surface area contributed by atoms with Crippen molar-refractivity contribution in [3.8, 4) is 0 Å². The Morgan fingerprint density at radius 1 is 1.20 bits per heavy atom. The fraction of sp³-hybridized carbons (Fsp3) is 0.538. The van der Waals surface area contributed by atoms with Crippen LogP contribution in [0.15, 0.2) is 24.3 Å². The molecule has 0 saturated heterocycles. The first kappa shape index (κ1) is 10.3. The maximum atomic E-state index is 5.64. The average Bonchev–Trinajstić information content (AvgIpc) is 2.65. The molecule has 1 aromatic carbocycles. The van der Waals surface area contributed by atoms with Gasteiger partial charge in [-0.05, 0) is 42.5 Å². The maximum Gasteiger partial charge on any atom is 0.0341 e. The predicted molar refractivity (Wildman–Crippen MR) is 65.9 cm³/mol. The number of hydrogen-bond donors (Lipinski definition) is 2. The summed E-state index contributed by atoms with van der Waals surface area (Å²) in [6, 6.07) is 7.99. The molecule has 0 heterocycles. The highest BCUT2D eigenvalue weighted by Gasteiger charge is 2.27. The SMILES string of the molecule is CC1(CNc2ccc(N)cc2)CCCC1. The molecule has 0 aliphatic heterocycles. The Morgan fingerprint density at radius 2 is 1.80 bits per heavy atom. The topological polar surface area (TPSA) is 38.0 Å². The van der Waals surface area contributed by atoms with Gasteiger partial charge in [0.15, 0.2) is 0 Å². The zero-order chi connectivity index (χ0) is 10.7. The fourth-order valence-corrected chi connectivity index (χ4v) is 2.32. The summed E-state index contributed by atoms with van der Waals surface area (Å²) >= 11 is 0. The number of anilines is 2. The molecule has 0 spiro atoms. The van der Waals surface area contributed by atoms with Crippen LogP contribution in [-0.2, 0) is 0 Å². The van der Waals surface area contributed by atoms with Gasteiger partial charge in [-0.2, -0.15) is 0 Å². The smallest absolute Gasteiger partial charge is 0.0341 e. The van der Waals surface area contributed by atoms with Crippen LogP contribution in [0.5, 0.6) is 0 Å². The molecule has 1 saturated carbocycles. The number of nitrogen functional groups attached to an aromatic ring is 1. The molecule has 15 heavy (non-hydrogen) atoms. The lowest BCUT2D eigenvalue weighted by Crippen LogP contribution is -2.22. The summed E-state index contributed by atoms with van der Waals surface area (Å²) in [5.41, 5.74) is 8.15. The molecule has 2 rings (SSSR count). The van der Waals surface area contributed by atoms with Gasteiger partial charge in [-0.25, -0.2) is 0 Å². The molecule has 0 radical (unpaired) electrons. The van der Waals surface area contributed by atoms with Crippen molar-refractivity contribution in [3.05, 3.63) is 24.3 Å². The molecule has 0 aromatic heterocycles. The zero-order valence-corrected chi connectivity index (χ0v) is 9.42. The summed E-state index contributed by atoms with van der Waals surface area (Å²) in [6.07, 6.45) is 5.49. The predicted octanol–water partition coefficient (Wildman–Crippen LogP) is 3.26. The Kier molecular flexibility index (Phi) is 2.85. The van der Waals surface area contributed by atoms with Crippen LogP contribution in [0.1, 0.15) is 32.6 Å². The van der Waals surface area contributed by atoms with Gasteiger partial charge in [-0.1, -0.05) is 19.8 Å². The van der Waals surface area contributed by atoms with Gasteiger partial charge >= 0.3 is 0 Å². The van der Waals surface area contributed by atoms with Crippen molar-refractivity contribution in [2.24, 2.45) is 5.41 Å². The van der Waals surface area contributed by atoms with Crippen molar-refractivity contribution in [1.82, 2.24) is 0 Å². The standard InChI is InChI=1S/C13H20N2/c1-13(8-2-3-9-13)10-15-12-6-4-11(14)5-7-12/h4-7,15H,2-3,8-10,14H2,1H3. The third-order valence-corrected chi connectivity index (χ3v) is 3.44. The number of nitrogens with two attached hydrogens (primary N) is 1. The van der Waals surface area contributed by atoms with Gasteiger partial charge in [0.05, 0.1) is 0 Å². The fourth-order valence-electron chi connectivity index (χ4n) is 2.32. The molecular formula is C13H20N2. The van der Waals surface area contributed by atoms with E-state index in [1.807, 2.05) is 24.3 Å². The first-order chi connectivity index (χ1) is 7.18. The average molecular weight is 204 g/mol. The van der Waals surface area contributed by atoms with Crippen LogP contribution in [0.3, 0.4) is 0 Å². The van der Waals surface area contributed by atoms with Crippen molar-refractivity contribution in [2.45, 2.75) is 32.6 Å². The maximum absolute atomic E-state index is 5.64. The Hall–Kier alpha value is -1.18. The number of benzene rings is 1. The van der Waals surface area contributed by atoms with E-state index < -0.39 is 0 Å². The lowest BCUT2D eigenvalue weighted by Gasteiger charge is -2.24. The molecule has 1 aromatic rings. The number of hydrogen-bond acceptors (Lipinski definition) is 2. The van der Waals surface area contributed by atoms with Gasteiger partial charge in [-0.15, -0.1) is 0 Å².